The highest BCUT2D eigenvalue weighted by molar-refractivity contribution is 5.87. The van der Waals surface area contributed by atoms with Crippen LogP contribution in [-0.4, -0.2) is 41.0 Å². The van der Waals surface area contributed by atoms with Gasteiger partial charge in [-0.25, -0.2) is 0 Å². The fourth-order valence-corrected chi connectivity index (χ4v) is 3.28. The van der Waals surface area contributed by atoms with Crippen molar-refractivity contribution < 1.29 is 9.90 Å². The van der Waals surface area contributed by atoms with Crippen LogP contribution in [0, 0.1) is 11.3 Å². The molecule has 3 heteroatoms. The molecule has 0 amide bonds. The molecule has 1 aliphatic heterocycles. The molecule has 2 rings (SSSR count). The van der Waals surface area contributed by atoms with E-state index in [2.05, 4.69) is 18.7 Å². The molecule has 98 valence electrons. The number of Topliss-reactive ketones (excluding diaryl/α,β-unsaturated/α-hetero) is 1. The van der Waals surface area contributed by atoms with Crippen LogP contribution in [0.3, 0.4) is 0 Å². The molecule has 1 saturated carbocycles. The zero-order valence-corrected chi connectivity index (χ0v) is 11.3. The molecule has 1 heterocycles. The Hall–Kier alpha value is -0.410. The third-order valence-corrected chi connectivity index (χ3v) is 4.40. The van der Waals surface area contributed by atoms with Crippen molar-refractivity contribution in [3.63, 3.8) is 0 Å². The topological polar surface area (TPSA) is 40.5 Å². The first-order valence-electron chi connectivity index (χ1n) is 6.79. The SMILES string of the molecule is CC1(O)CCN(CC2CCCC(C)(C)C2=O)C1. The minimum atomic E-state index is -0.548. The third-order valence-electron chi connectivity index (χ3n) is 4.40. The first-order chi connectivity index (χ1) is 7.80. The van der Waals surface area contributed by atoms with Crippen molar-refractivity contribution in [1.82, 2.24) is 4.90 Å². The van der Waals surface area contributed by atoms with E-state index in [4.69, 9.17) is 0 Å². The van der Waals surface area contributed by atoms with Crippen LogP contribution in [0.2, 0.25) is 0 Å². The summed E-state index contributed by atoms with van der Waals surface area (Å²) in [4.78, 5) is 14.6. The molecule has 3 nitrogen and oxygen atoms in total. The summed E-state index contributed by atoms with van der Waals surface area (Å²) >= 11 is 0. The maximum Gasteiger partial charge on any atom is 0.142 e. The number of hydrogen-bond donors (Lipinski definition) is 1. The van der Waals surface area contributed by atoms with Gasteiger partial charge in [0.2, 0.25) is 0 Å². The number of carbonyl (C=O) groups excluding carboxylic acids is 1. The Labute approximate surface area is 104 Å². The molecule has 1 aliphatic carbocycles. The van der Waals surface area contributed by atoms with Crippen LogP contribution in [0.15, 0.2) is 0 Å². The second-order valence-electron chi connectivity index (χ2n) is 6.82. The predicted molar refractivity (Wildman–Crippen MR) is 67.8 cm³/mol. The molecule has 0 aromatic carbocycles. The predicted octanol–water partition coefficient (Wildman–Crippen LogP) is 1.84. The first kappa shape index (κ1) is 13.0. The van der Waals surface area contributed by atoms with Gasteiger partial charge in [-0.05, 0) is 26.2 Å². The van der Waals surface area contributed by atoms with Crippen molar-refractivity contribution in [3.05, 3.63) is 0 Å². The fourth-order valence-electron chi connectivity index (χ4n) is 3.28. The van der Waals surface area contributed by atoms with E-state index in [1.54, 1.807) is 0 Å². The molecule has 2 aliphatic rings. The zero-order chi connectivity index (χ0) is 12.7. The van der Waals surface area contributed by atoms with Gasteiger partial charge in [-0.1, -0.05) is 20.3 Å². The van der Waals surface area contributed by atoms with Crippen LogP contribution in [0.4, 0.5) is 0 Å². The molecule has 2 fully saturated rings. The summed E-state index contributed by atoms with van der Waals surface area (Å²) in [7, 11) is 0. The number of β-amino-alcohol motifs (C(OH)–C–C–N with tert-alkyl or cyclic N) is 1. The van der Waals surface area contributed by atoms with E-state index in [1.165, 1.54) is 0 Å². The summed E-state index contributed by atoms with van der Waals surface area (Å²) in [6.45, 7) is 8.52. The van der Waals surface area contributed by atoms with E-state index in [1.807, 2.05) is 6.92 Å². The molecule has 2 atom stereocenters. The van der Waals surface area contributed by atoms with Crippen LogP contribution >= 0.6 is 0 Å². The molecule has 1 N–H and O–H groups in total. The van der Waals surface area contributed by atoms with Gasteiger partial charge in [0.25, 0.3) is 0 Å². The smallest absolute Gasteiger partial charge is 0.142 e. The quantitative estimate of drug-likeness (QED) is 0.799. The van der Waals surface area contributed by atoms with Crippen LogP contribution < -0.4 is 0 Å². The maximum atomic E-state index is 12.3. The van der Waals surface area contributed by atoms with E-state index in [-0.39, 0.29) is 11.3 Å². The van der Waals surface area contributed by atoms with Crippen LogP contribution in [0.5, 0.6) is 0 Å². The highest BCUT2D eigenvalue weighted by Gasteiger charge is 2.39. The molecule has 0 aromatic rings. The van der Waals surface area contributed by atoms with Gasteiger partial charge in [0.1, 0.15) is 5.78 Å². The van der Waals surface area contributed by atoms with E-state index in [0.717, 1.165) is 45.3 Å². The van der Waals surface area contributed by atoms with Gasteiger partial charge in [0.15, 0.2) is 0 Å². The van der Waals surface area contributed by atoms with Gasteiger partial charge in [0, 0.05) is 31.0 Å². The molecule has 1 saturated heterocycles. The largest absolute Gasteiger partial charge is 0.389 e. The zero-order valence-electron chi connectivity index (χ0n) is 11.3. The average molecular weight is 239 g/mol. The lowest BCUT2D eigenvalue weighted by molar-refractivity contribution is -0.135. The van der Waals surface area contributed by atoms with E-state index >= 15 is 0 Å². The highest BCUT2D eigenvalue weighted by atomic mass is 16.3. The summed E-state index contributed by atoms with van der Waals surface area (Å²) in [6, 6.07) is 0. The number of aliphatic hydroxyl groups is 1. The first-order valence-corrected chi connectivity index (χ1v) is 6.79. The van der Waals surface area contributed by atoms with Gasteiger partial charge >= 0.3 is 0 Å². The number of ketones is 1. The van der Waals surface area contributed by atoms with Gasteiger partial charge in [-0.2, -0.15) is 0 Å². The summed E-state index contributed by atoms with van der Waals surface area (Å²) < 4.78 is 0. The van der Waals surface area contributed by atoms with Crippen LogP contribution in [-0.2, 0) is 4.79 Å². The second-order valence-corrected chi connectivity index (χ2v) is 6.82. The van der Waals surface area contributed by atoms with Crippen molar-refractivity contribution in [1.29, 1.82) is 0 Å². The Bertz CT molecular complexity index is 309. The minimum Gasteiger partial charge on any atom is -0.389 e. The van der Waals surface area contributed by atoms with Gasteiger partial charge in [-0.3, -0.25) is 9.69 Å². The van der Waals surface area contributed by atoms with Gasteiger partial charge in [0.05, 0.1) is 5.60 Å². The summed E-state index contributed by atoms with van der Waals surface area (Å²) in [5.74, 6) is 0.614. The standard InChI is InChI=1S/C14H25NO2/c1-13(2)6-4-5-11(12(13)16)9-15-8-7-14(3,17)10-15/h11,17H,4-10H2,1-3H3. The van der Waals surface area contributed by atoms with Gasteiger partial charge < -0.3 is 5.11 Å². The van der Waals surface area contributed by atoms with Crippen molar-refractivity contribution in [3.8, 4) is 0 Å². The normalized spacial score (nSPS) is 38.6. The highest BCUT2D eigenvalue weighted by Crippen LogP contribution is 2.36. The fraction of sp³-hybridized carbons (Fsp3) is 0.929. The molecule has 0 aromatic heterocycles. The lowest BCUT2D eigenvalue weighted by atomic mass is 9.71. The molecular weight excluding hydrogens is 214 g/mol. The number of likely N-dealkylation sites (tertiary alicyclic amines) is 1. The molecule has 17 heavy (non-hydrogen) atoms. The third kappa shape index (κ3) is 2.89. The Morgan fingerprint density at radius 1 is 1.35 bits per heavy atom. The van der Waals surface area contributed by atoms with Crippen molar-refractivity contribution in [2.24, 2.45) is 11.3 Å². The number of nitrogens with zero attached hydrogens (tertiary/aromatic N) is 1. The lowest BCUT2D eigenvalue weighted by Gasteiger charge is -2.35. The molecule has 0 bridgehead atoms. The minimum absolute atomic E-state index is 0.134. The molecule has 2 unspecified atom stereocenters. The number of hydrogen-bond acceptors (Lipinski definition) is 3. The van der Waals surface area contributed by atoms with E-state index in [9.17, 15) is 9.90 Å². The summed E-state index contributed by atoms with van der Waals surface area (Å²) in [6.07, 6.45) is 4.05. The Kier molecular flexibility index (Phi) is 3.34. The van der Waals surface area contributed by atoms with Crippen LogP contribution in [0.1, 0.15) is 46.5 Å². The van der Waals surface area contributed by atoms with Crippen molar-refractivity contribution in [2.75, 3.05) is 19.6 Å². The Morgan fingerprint density at radius 3 is 2.65 bits per heavy atom. The van der Waals surface area contributed by atoms with Crippen molar-refractivity contribution >= 4 is 5.78 Å². The monoisotopic (exact) mass is 239 g/mol. The number of carbonyl (C=O) groups is 1. The second kappa shape index (κ2) is 4.36. The Balaban J connectivity index is 1.93. The molecule has 0 radical (unpaired) electrons. The number of rotatable bonds is 2. The average Bonchev–Trinajstić information content (AvgIpc) is 2.53. The Morgan fingerprint density at radius 2 is 2.06 bits per heavy atom. The summed E-state index contributed by atoms with van der Waals surface area (Å²) in [5, 5.41) is 9.94. The van der Waals surface area contributed by atoms with E-state index < -0.39 is 5.60 Å². The van der Waals surface area contributed by atoms with Crippen LogP contribution in [0.25, 0.3) is 0 Å². The van der Waals surface area contributed by atoms with Crippen molar-refractivity contribution in [2.45, 2.75) is 52.1 Å². The lowest BCUT2D eigenvalue weighted by Crippen LogP contribution is -2.42. The summed E-state index contributed by atoms with van der Waals surface area (Å²) in [5.41, 5.74) is -0.682. The maximum absolute atomic E-state index is 12.3. The molecular formula is C14H25NO2. The van der Waals surface area contributed by atoms with Gasteiger partial charge in [-0.15, -0.1) is 0 Å². The van der Waals surface area contributed by atoms with E-state index in [0.29, 0.717) is 5.78 Å². The molecule has 0 spiro atoms.